The van der Waals surface area contributed by atoms with Crippen LogP contribution in [-0.2, 0) is 4.79 Å². The lowest BCUT2D eigenvalue weighted by atomic mass is 9.83. The molecule has 0 aromatic heterocycles. The molecule has 0 aliphatic carbocycles. The van der Waals surface area contributed by atoms with E-state index in [0.29, 0.717) is 24.7 Å². The number of carbonyl (C=O) groups is 1. The number of nitrogens with zero attached hydrogens (tertiary/aromatic N) is 1. The van der Waals surface area contributed by atoms with Gasteiger partial charge < -0.3 is 10.4 Å². The zero-order chi connectivity index (χ0) is 14.9. The van der Waals surface area contributed by atoms with Gasteiger partial charge in [0.2, 0.25) is 5.91 Å². The van der Waals surface area contributed by atoms with Crippen molar-refractivity contribution in [1.82, 2.24) is 4.90 Å². The number of aryl methyl sites for hydroxylation is 1. The Labute approximate surface area is 124 Å². The summed E-state index contributed by atoms with van der Waals surface area (Å²) in [7, 11) is 0. The number of amides is 1. The average Bonchev–Trinajstić information content (AvgIpc) is 2.30. The molecule has 20 heavy (non-hydrogen) atoms. The number of rotatable bonds is 4. The molecular formula is C15H21ClN2O2. The Kier molecular flexibility index (Phi) is 4.37. The maximum Gasteiger partial charge on any atom is 0.238 e. The second-order valence-electron chi connectivity index (χ2n) is 5.91. The van der Waals surface area contributed by atoms with Crippen LogP contribution in [-0.4, -0.2) is 41.1 Å². The molecule has 110 valence electrons. The lowest BCUT2D eigenvalue weighted by Crippen LogP contribution is -2.65. The molecule has 5 heteroatoms. The van der Waals surface area contributed by atoms with E-state index >= 15 is 0 Å². The summed E-state index contributed by atoms with van der Waals surface area (Å²) < 4.78 is 0. The molecule has 2 rings (SSSR count). The smallest absolute Gasteiger partial charge is 0.238 e. The van der Waals surface area contributed by atoms with Gasteiger partial charge in [-0.25, -0.2) is 0 Å². The van der Waals surface area contributed by atoms with Crippen molar-refractivity contribution in [2.24, 2.45) is 5.92 Å². The van der Waals surface area contributed by atoms with Gasteiger partial charge in [0.25, 0.3) is 0 Å². The van der Waals surface area contributed by atoms with Crippen molar-refractivity contribution in [3.63, 3.8) is 0 Å². The maximum absolute atomic E-state index is 12.0. The van der Waals surface area contributed by atoms with Gasteiger partial charge in [-0.1, -0.05) is 25.4 Å². The first kappa shape index (κ1) is 15.3. The van der Waals surface area contributed by atoms with Crippen LogP contribution in [0, 0.1) is 12.8 Å². The number of halogens is 1. The number of benzene rings is 1. The van der Waals surface area contributed by atoms with Crippen LogP contribution in [0.25, 0.3) is 0 Å². The van der Waals surface area contributed by atoms with E-state index in [-0.39, 0.29) is 11.8 Å². The van der Waals surface area contributed by atoms with Crippen molar-refractivity contribution in [2.75, 3.05) is 25.0 Å². The van der Waals surface area contributed by atoms with Crippen LogP contribution < -0.4 is 5.32 Å². The van der Waals surface area contributed by atoms with Crippen molar-refractivity contribution in [3.05, 3.63) is 28.8 Å². The Morgan fingerprint density at radius 3 is 2.70 bits per heavy atom. The fourth-order valence-electron chi connectivity index (χ4n) is 2.37. The third-order valence-corrected chi connectivity index (χ3v) is 4.13. The predicted octanol–water partition coefficient (Wildman–Crippen LogP) is 2.29. The van der Waals surface area contributed by atoms with Crippen LogP contribution in [0.1, 0.15) is 19.4 Å². The lowest BCUT2D eigenvalue weighted by Gasteiger charge is -2.48. The van der Waals surface area contributed by atoms with Gasteiger partial charge in [0.1, 0.15) is 0 Å². The summed E-state index contributed by atoms with van der Waals surface area (Å²) in [4.78, 5) is 13.9. The van der Waals surface area contributed by atoms with E-state index in [1.165, 1.54) is 0 Å². The van der Waals surface area contributed by atoms with E-state index in [2.05, 4.69) is 5.32 Å². The molecule has 1 aromatic rings. The van der Waals surface area contributed by atoms with Gasteiger partial charge in [0.15, 0.2) is 0 Å². The first-order valence-corrected chi connectivity index (χ1v) is 7.19. The van der Waals surface area contributed by atoms with Crippen LogP contribution in [0.5, 0.6) is 0 Å². The monoisotopic (exact) mass is 296 g/mol. The number of likely N-dealkylation sites (tertiary alicyclic amines) is 1. The molecule has 0 radical (unpaired) electrons. The van der Waals surface area contributed by atoms with Crippen LogP contribution in [0.2, 0.25) is 5.02 Å². The molecule has 4 nitrogen and oxygen atoms in total. The molecule has 0 unspecified atom stereocenters. The number of hydrogen-bond donors (Lipinski definition) is 2. The highest BCUT2D eigenvalue weighted by Crippen LogP contribution is 2.28. The normalized spacial score (nSPS) is 17.9. The predicted molar refractivity (Wildman–Crippen MR) is 81.0 cm³/mol. The van der Waals surface area contributed by atoms with Crippen molar-refractivity contribution in [2.45, 2.75) is 26.4 Å². The molecule has 2 N–H and O–H groups in total. The summed E-state index contributed by atoms with van der Waals surface area (Å²) in [6, 6.07) is 5.37. The summed E-state index contributed by atoms with van der Waals surface area (Å²) in [5.74, 6) is 0.140. The topological polar surface area (TPSA) is 52.6 Å². The van der Waals surface area contributed by atoms with Crippen LogP contribution in [0.15, 0.2) is 18.2 Å². The van der Waals surface area contributed by atoms with Crippen molar-refractivity contribution < 1.29 is 9.90 Å². The Balaban J connectivity index is 1.85. The lowest BCUT2D eigenvalue weighted by molar-refractivity contribution is -0.139. The SMILES string of the molecule is Cc1cc(Cl)ccc1NC(=O)CN1CC(O)(C(C)C)C1. The van der Waals surface area contributed by atoms with E-state index in [1.807, 2.05) is 31.7 Å². The molecule has 1 aliphatic rings. The third-order valence-electron chi connectivity index (χ3n) is 3.90. The second kappa shape index (κ2) is 5.72. The number of β-amino-alcohol motifs (C(OH)–C–C–N with tert-alkyl or cyclic N) is 1. The van der Waals surface area contributed by atoms with Crippen LogP contribution in [0.4, 0.5) is 5.69 Å². The third kappa shape index (κ3) is 3.32. The minimum Gasteiger partial charge on any atom is -0.387 e. The molecule has 0 spiro atoms. The van der Waals surface area contributed by atoms with Crippen LogP contribution >= 0.6 is 11.6 Å². The summed E-state index contributed by atoms with van der Waals surface area (Å²) >= 11 is 5.88. The first-order valence-electron chi connectivity index (χ1n) is 6.81. The molecule has 0 bridgehead atoms. The highest BCUT2D eigenvalue weighted by molar-refractivity contribution is 6.30. The molecule has 1 heterocycles. The van der Waals surface area contributed by atoms with Gasteiger partial charge >= 0.3 is 0 Å². The summed E-state index contributed by atoms with van der Waals surface area (Å²) in [5.41, 5.74) is 1.07. The molecular weight excluding hydrogens is 276 g/mol. The van der Waals surface area contributed by atoms with Crippen molar-refractivity contribution in [1.29, 1.82) is 0 Å². The molecule has 1 saturated heterocycles. The summed E-state index contributed by atoms with van der Waals surface area (Å²) in [6.07, 6.45) is 0. The van der Waals surface area contributed by atoms with Gasteiger partial charge in [-0.2, -0.15) is 0 Å². The summed E-state index contributed by atoms with van der Waals surface area (Å²) in [5, 5.41) is 13.7. The largest absolute Gasteiger partial charge is 0.387 e. The maximum atomic E-state index is 12.0. The minimum atomic E-state index is -0.642. The van der Waals surface area contributed by atoms with E-state index in [0.717, 1.165) is 11.3 Å². The van der Waals surface area contributed by atoms with Crippen LogP contribution in [0.3, 0.4) is 0 Å². The van der Waals surface area contributed by atoms with E-state index in [9.17, 15) is 9.90 Å². The first-order chi connectivity index (χ1) is 9.30. The number of carbonyl (C=O) groups excluding carboxylic acids is 1. The van der Waals surface area contributed by atoms with E-state index < -0.39 is 5.60 Å². The number of anilines is 1. The van der Waals surface area contributed by atoms with Crippen molar-refractivity contribution >= 4 is 23.2 Å². The molecule has 1 fully saturated rings. The Hall–Kier alpha value is -1.10. The number of aliphatic hydroxyl groups is 1. The van der Waals surface area contributed by atoms with Gasteiger partial charge in [0.05, 0.1) is 12.1 Å². The van der Waals surface area contributed by atoms with Gasteiger partial charge in [-0.05, 0) is 36.6 Å². The zero-order valence-electron chi connectivity index (χ0n) is 12.1. The van der Waals surface area contributed by atoms with Gasteiger partial charge in [-0.15, -0.1) is 0 Å². The highest BCUT2D eigenvalue weighted by atomic mass is 35.5. The summed E-state index contributed by atoms with van der Waals surface area (Å²) in [6.45, 7) is 7.30. The molecule has 1 amide bonds. The number of nitrogens with one attached hydrogen (secondary N) is 1. The fraction of sp³-hybridized carbons (Fsp3) is 0.533. The standard InChI is InChI=1S/C15H21ClN2O2/c1-10(2)15(20)8-18(9-15)7-14(19)17-13-5-4-12(16)6-11(13)3/h4-6,10,20H,7-9H2,1-3H3,(H,17,19). The molecule has 0 saturated carbocycles. The fourth-order valence-corrected chi connectivity index (χ4v) is 2.59. The number of hydrogen-bond acceptors (Lipinski definition) is 3. The average molecular weight is 297 g/mol. The highest BCUT2D eigenvalue weighted by Gasteiger charge is 2.43. The van der Waals surface area contributed by atoms with Gasteiger partial charge in [0, 0.05) is 23.8 Å². The zero-order valence-corrected chi connectivity index (χ0v) is 12.9. The molecule has 1 aliphatic heterocycles. The van der Waals surface area contributed by atoms with Crippen molar-refractivity contribution in [3.8, 4) is 0 Å². The molecule has 1 aromatic carbocycles. The Bertz CT molecular complexity index is 511. The van der Waals surface area contributed by atoms with E-state index in [4.69, 9.17) is 11.6 Å². The van der Waals surface area contributed by atoms with E-state index in [1.54, 1.807) is 12.1 Å². The minimum absolute atomic E-state index is 0.0683. The Morgan fingerprint density at radius 1 is 1.50 bits per heavy atom. The molecule has 0 atom stereocenters. The Morgan fingerprint density at radius 2 is 2.15 bits per heavy atom. The van der Waals surface area contributed by atoms with Gasteiger partial charge in [-0.3, -0.25) is 9.69 Å². The quantitative estimate of drug-likeness (QED) is 0.896. The second-order valence-corrected chi connectivity index (χ2v) is 6.35.